The van der Waals surface area contributed by atoms with Crippen molar-refractivity contribution >= 4 is 11.9 Å². The van der Waals surface area contributed by atoms with E-state index in [0.29, 0.717) is 11.3 Å². The molecule has 0 radical (unpaired) electrons. The van der Waals surface area contributed by atoms with Gasteiger partial charge in [0.1, 0.15) is 5.75 Å². The van der Waals surface area contributed by atoms with Gasteiger partial charge in [-0.25, -0.2) is 14.6 Å². The van der Waals surface area contributed by atoms with Crippen molar-refractivity contribution in [1.82, 2.24) is 4.98 Å². The smallest absolute Gasteiger partial charge is 0.338 e. The minimum absolute atomic E-state index is 0.106. The van der Waals surface area contributed by atoms with Crippen LogP contribution in [-0.2, 0) is 4.74 Å². The molecule has 6 nitrogen and oxygen atoms in total. The number of hydrogen-bond acceptors (Lipinski definition) is 5. The summed E-state index contributed by atoms with van der Waals surface area (Å²) in [4.78, 5) is 26.5. The Kier molecular flexibility index (Phi) is 4.50. The molecule has 1 aromatic heterocycles. The van der Waals surface area contributed by atoms with Gasteiger partial charge in [0, 0.05) is 12.3 Å². The monoisotopic (exact) mass is 287 g/mol. The van der Waals surface area contributed by atoms with Crippen molar-refractivity contribution in [3.8, 4) is 11.6 Å². The maximum Gasteiger partial charge on any atom is 0.338 e. The molecule has 0 atom stereocenters. The first-order chi connectivity index (χ1) is 10.1. The van der Waals surface area contributed by atoms with Gasteiger partial charge in [-0.1, -0.05) is 6.07 Å². The fourth-order valence-corrected chi connectivity index (χ4v) is 1.62. The average molecular weight is 287 g/mol. The number of pyridine rings is 1. The molecule has 1 aromatic carbocycles. The van der Waals surface area contributed by atoms with Crippen molar-refractivity contribution in [3.63, 3.8) is 0 Å². The molecule has 1 N–H and O–H groups in total. The number of benzene rings is 1. The van der Waals surface area contributed by atoms with Crippen molar-refractivity contribution in [1.29, 1.82) is 0 Å². The highest BCUT2D eigenvalue weighted by Gasteiger charge is 2.09. The van der Waals surface area contributed by atoms with Crippen LogP contribution in [0.4, 0.5) is 0 Å². The van der Waals surface area contributed by atoms with Crippen molar-refractivity contribution < 1.29 is 24.2 Å². The molecule has 2 aromatic rings. The Hall–Kier alpha value is -2.89. The lowest BCUT2D eigenvalue weighted by molar-refractivity contribution is 0.0525. The van der Waals surface area contributed by atoms with Gasteiger partial charge < -0.3 is 14.6 Å². The minimum atomic E-state index is -1.05. The lowest BCUT2D eigenvalue weighted by Gasteiger charge is -2.07. The number of carbonyl (C=O) groups is 2. The molecule has 0 unspecified atom stereocenters. The summed E-state index contributed by atoms with van der Waals surface area (Å²) in [5.74, 6) is -1.01. The number of esters is 1. The lowest BCUT2D eigenvalue weighted by atomic mass is 10.2. The zero-order chi connectivity index (χ0) is 15.2. The molecule has 0 saturated carbocycles. The highest BCUT2D eigenvalue weighted by atomic mass is 16.5. The maximum absolute atomic E-state index is 11.6. The number of carboxylic acid groups (broad SMARTS) is 1. The zero-order valence-corrected chi connectivity index (χ0v) is 11.3. The van der Waals surface area contributed by atoms with Gasteiger partial charge >= 0.3 is 11.9 Å². The number of rotatable bonds is 5. The van der Waals surface area contributed by atoms with E-state index in [2.05, 4.69) is 4.98 Å². The molecule has 108 valence electrons. The van der Waals surface area contributed by atoms with Gasteiger partial charge in [0.2, 0.25) is 5.88 Å². The van der Waals surface area contributed by atoms with Crippen LogP contribution >= 0.6 is 0 Å². The minimum Gasteiger partial charge on any atom is -0.478 e. The van der Waals surface area contributed by atoms with Crippen LogP contribution in [0.2, 0.25) is 0 Å². The fourth-order valence-electron chi connectivity index (χ4n) is 1.62. The molecule has 1 heterocycles. The van der Waals surface area contributed by atoms with E-state index >= 15 is 0 Å². The Balaban J connectivity index is 2.20. The molecule has 0 aliphatic heterocycles. The number of ether oxygens (including phenoxy) is 2. The number of carbonyl (C=O) groups excluding carboxylic acids is 1. The van der Waals surface area contributed by atoms with E-state index in [4.69, 9.17) is 14.6 Å². The van der Waals surface area contributed by atoms with Crippen LogP contribution in [0.15, 0.2) is 42.6 Å². The lowest BCUT2D eigenvalue weighted by Crippen LogP contribution is -2.05. The summed E-state index contributed by atoms with van der Waals surface area (Å²) in [7, 11) is 0. The normalized spacial score (nSPS) is 9.95. The Morgan fingerprint density at radius 3 is 2.71 bits per heavy atom. The van der Waals surface area contributed by atoms with Gasteiger partial charge in [-0.15, -0.1) is 0 Å². The molecule has 0 spiro atoms. The van der Waals surface area contributed by atoms with Crippen molar-refractivity contribution in [3.05, 3.63) is 53.7 Å². The molecule has 0 aliphatic carbocycles. The summed E-state index contributed by atoms with van der Waals surface area (Å²) < 4.78 is 10.3. The largest absolute Gasteiger partial charge is 0.478 e. The average Bonchev–Trinajstić information content (AvgIpc) is 2.48. The Morgan fingerprint density at radius 2 is 2.00 bits per heavy atom. The molecule has 6 heteroatoms. The SMILES string of the molecule is CCOC(=O)c1ccnc(Oc2cccc(C(=O)O)c2)c1. The summed E-state index contributed by atoms with van der Waals surface area (Å²) in [6.07, 6.45) is 1.42. The number of hydrogen-bond donors (Lipinski definition) is 1. The van der Waals surface area contributed by atoms with E-state index in [9.17, 15) is 9.59 Å². The topological polar surface area (TPSA) is 85.7 Å². The van der Waals surface area contributed by atoms with Crippen LogP contribution in [0.25, 0.3) is 0 Å². The first-order valence-electron chi connectivity index (χ1n) is 6.24. The van der Waals surface area contributed by atoms with Crippen LogP contribution < -0.4 is 4.74 Å². The van der Waals surface area contributed by atoms with E-state index in [0.717, 1.165) is 0 Å². The molecule has 0 amide bonds. The van der Waals surface area contributed by atoms with E-state index < -0.39 is 11.9 Å². The second kappa shape index (κ2) is 6.51. The summed E-state index contributed by atoms with van der Waals surface area (Å²) >= 11 is 0. The van der Waals surface area contributed by atoms with Gasteiger partial charge in [-0.05, 0) is 31.2 Å². The third kappa shape index (κ3) is 3.79. The van der Waals surface area contributed by atoms with E-state index in [1.807, 2.05) is 0 Å². The number of nitrogens with zero attached hydrogens (tertiary/aromatic N) is 1. The molecular weight excluding hydrogens is 274 g/mol. The molecule has 2 rings (SSSR count). The third-order valence-electron chi connectivity index (χ3n) is 2.55. The second-order valence-electron chi connectivity index (χ2n) is 4.04. The highest BCUT2D eigenvalue weighted by Crippen LogP contribution is 2.21. The fraction of sp³-hybridized carbons (Fsp3) is 0.133. The molecule has 0 saturated heterocycles. The first kappa shape index (κ1) is 14.5. The van der Waals surface area contributed by atoms with Crippen LogP contribution in [0.3, 0.4) is 0 Å². The van der Waals surface area contributed by atoms with Crippen molar-refractivity contribution in [2.24, 2.45) is 0 Å². The maximum atomic E-state index is 11.6. The highest BCUT2D eigenvalue weighted by molar-refractivity contribution is 5.89. The zero-order valence-electron chi connectivity index (χ0n) is 11.3. The number of carboxylic acids is 1. The second-order valence-corrected chi connectivity index (χ2v) is 4.04. The van der Waals surface area contributed by atoms with E-state index in [1.54, 1.807) is 19.1 Å². The molecule has 0 bridgehead atoms. The summed E-state index contributed by atoms with van der Waals surface area (Å²) in [5.41, 5.74) is 0.422. The number of aromatic nitrogens is 1. The summed E-state index contributed by atoms with van der Waals surface area (Å²) in [6, 6.07) is 8.95. The Labute approximate surface area is 121 Å². The van der Waals surface area contributed by atoms with Gasteiger partial charge in [0.25, 0.3) is 0 Å². The van der Waals surface area contributed by atoms with Gasteiger partial charge in [0.15, 0.2) is 0 Å². The van der Waals surface area contributed by atoms with Crippen LogP contribution in [0.5, 0.6) is 11.6 Å². The standard InChI is InChI=1S/C15H13NO5/c1-2-20-15(19)11-6-7-16-13(9-11)21-12-5-3-4-10(8-12)14(17)18/h3-9H,2H2,1H3,(H,17,18). The Bertz CT molecular complexity index is 669. The summed E-state index contributed by atoms with van der Waals surface area (Å²) in [5, 5.41) is 8.92. The van der Waals surface area contributed by atoms with E-state index in [1.165, 1.54) is 30.5 Å². The van der Waals surface area contributed by atoms with Crippen LogP contribution in [-0.4, -0.2) is 28.6 Å². The first-order valence-corrected chi connectivity index (χ1v) is 6.24. The third-order valence-corrected chi connectivity index (χ3v) is 2.55. The molecule has 0 aliphatic rings. The predicted octanol–water partition coefficient (Wildman–Crippen LogP) is 2.75. The predicted molar refractivity (Wildman–Crippen MR) is 73.7 cm³/mol. The van der Waals surface area contributed by atoms with Gasteiger partial charge in [-0.3, -0.25) is 0 Å². The van der Waals surface area contributed by atoms with Crippen molar-refractivity contribution in [2.75, 3.05) is 6.61 Å². The Morgan fingerprint density at radius 1 is 1.19 bits per heavy atom. The summed E-state index contributed by atoms with van der Waals surface area (Å²) in [6.45, 7) is 1.99. The van der Waals surface area contributed by atoms with Crippen LogP contribution in [0.1, 0.15) is 27.6 Å². The van der Waals surface area contributed by atoms with Crippen molar-refractivity contribution in [2.45, 2.75) is 6.92 Å². The van der Waals surface area contributed by atoms with Gasteiger partial charge in [0.05, 0.1) is 17.7 Å². The quantitative estimate of drug-likeness (QED) is 0.851. The van der Waals surface area contributed by atoms with Crippen LogP contribution in [0, 0.1) is 0 Å². The van der Waals surface area contributed by atoms with Gasteiger partial charge in [-0.2, -0.15) is 0 Å². The number of aromatic carboxylic acids is 1. The van der Waals surface area contributed by atoms with E-state index in [-0.39, 0.29) is 18.1 Å². The molecular formula is C15H13NO5. The molecule has 0 fully saturated rings. The molecule has 21 heavy (non-hydrogen) atoms.